The van der Waals surface area contributed by atoms with Crippen molar-refractivity contribution in [2.24, 2.45) is 0 Å². The molecule has 0 spiro atoms. The molecule has 12 nitrogen and oxygen atoms in total. The summed E-state index contributed by atoms with van der Waals surface area (Å²) in [6.45, 7) is -0.318. The van der Waals surface area contributed by atoms with Gasteiger partial charge in [-0.2, -0.15) is 4.98 Å². The number of aliphatic hydroxyl groups is 1. The first-order valence-corrected chi connectivity index (χ1v) is 11.9. The Morgan fingerprint density at radius 2 is 2.09 bits per heavy atom. The standard InChI is InChI=1S/C18H14BrFN5O7P/c19-17-22-11-14(25(17)16-12(26)13-10(31-16)6-30-33(28,29)32-13)23-18-21-9(5-24(18)15(11)27)7-1-3-8(20)4-2-7/h1-5,10,12-13,16,26H,6H2,(H,21,23)(H,28,29)/t10?,12?,13-,16-/m1/s1. The molecular formula is C18H14BrFN5O7P. The molecule has 0 saturated carbocycles. The number of nitrogens with one attached hydrogen (secondary N) is 1. The number of aliphatic hydroxyl groups excluding tert-OH is 1. The van der Waals surface area contributed by atoms with Crippen molar-refractivity contribution in [3.05, 3.63) is 51.4 Å². The summed E-state index contributed by atoms with van der Waals surface area (Å²) in [5.41, 5.74) is 0.751. The number of hydrogen-bond acceptors (Lipinski definition) is 9. The monoisotopic (exact) mass is 541 g/mol. The molecule has 1 aromatic carbocycles. The fraction of sp³-hybridized carbons (Fsp3) is 0.278. The van der Waals surface area contributed by atoms with E-state index in [1.165, 1.54) is 27.3 Å². The van der Waals surface area contributed by atoms with Gasteiger partial charge in [-0.25, -0.2) is 13.8 Å². The van der Waals surface area contributed by atoms with Gasteiger partial charge in [0.25, 0.3) is 13.4 Å². The third-order valence-corrected chi connectivity index (χ3v) is 7.10. The van der Waals surface area contributed by atoms with Crippen molar-refractivity contribution in [3.8, 4) is 11.3 Å². The summed E-state index contributed by atoms with van der Waals surface area (Å²) >= 11 is 3.26. The number of phosphoric ester groups is 1. The van der Waals surface area contributed by atoms with E-state index in [9.17, 15) is 23.7 Å². The molecule has 0 radical (unpaired) electrons. The highest BCUT2D eigenvalue weighted by atomic mass is 79.9. The van der Waals surface area contributed by atoms with Gasteiger partial charge in [-0.1, -0.05) is 0 Å². The van der Waals surface area contributed by atoms with E-state index in [4.69, 9.17) is 9.26 Å². The van der Waals surface area contributed by atoms with Gasteiger partial charge < -0.3 is 28.8 Å². The number of rotatable bonds is 2. The predicted octanol–water partition coefficient (Wildman–Crippen LogP) is 1.20. The Morgan fingerprint density at radius 1 is 1.33 bits per heavy atom. The summed E-state index contributed by atoms with van der Waals surface area (Å²) in [6, 6.07) is 5.71. The van der Waals surface area contributed by atoms with Crippen molar-refractivity contribution in [3.63, 3.8) is 0 Å². The molecule has 15 heteroatoms. The van der Waals surface area contributed by atoms with Crippen LogP contribution in [0.5, 0.6) is 0 Å². The first-order valence-electron chi connectivity index (χ1n) is 9.64. The SMILES string of the molecule is O=c1c2nc(Br)n([C@@H]3OC4COP(=O)([O-])O[C@H]4C3O)c2nc2[nH]c(-c3ccc(F)cc3)cn12.[H+]. The topological polar surface area (TPSA) is 156 Å². The number of fused-ring (bicyclic) bond motifs is 3. The zero-order chi connectivity index (χ0) is 23.1. The average molecular weight is 542 g/mol. The molecule has 2 aliphatic heterocycles. The summed E-state index contributed by atoms with van der Waals surface area (Å²) in [7, 11) is -4.55. The van der Waals surface area contributed by atoms with Gasteiger partial charge in [0.15, 0.2) is 22.1 Å². The van der Waals surface area contributed by atoms with E-state index in [2.05, 4.69) is 35.4 Å². The normalized spacial score (nSPS) is 29.7. The van der Waals surface area contributed by atoms with Crippen LogP contribution in [0.25, 0.3) is 28.2 Å². The Labute approximate surface area is 192 Å². The van der Waals surface area contributed by atoms with Gasteiger partial charge in [0.05, 0.1) is 12.3 Å². The van der Waals surface area contributed by atoms with Crippen LogP contribution in [0.2, 0.25) is 0 Å². The number of H-pyrrole nitrogens is 1. The number of nitrogens with zero attached hydrogens (tertiary/aromatic N) is 4. The molecule has 3 aromatic heterocycles. The fourth-order valence-corrected chi connectivity index (χ4v) is 5.54. The lowest BCUT2D eigenvalue weighted by Crippen LogP contribution is -2.41. The van der Waals surface area contributed by atoms with Crippen molar-refractivity contribution in [2.45, 2.75) is 24.5 Å². The molecule has 2 N–H and O–H groups in total. The number of benzene rings is 1. The Hall–Kier alpha value is -2.45. The van der Waals surface area contributed by atoms with Crippen LogP contribution in [0, 0.1) is 5.82 Å². The minimum absolute atomic E-state index is 0. The van der Waals surface area contributed by atoms with Crippen molar-refractivity contribution in [1.82, 2.24) is 23.9 Å². The molecule has 0 bridgehead atoms. The van der Waals surface area contributed by atoms with Gasteiger partial charge in [0, 0.05) is 6.20 Å². The molecule has 0 aliphatic carbocycles. The maximum atomic E-state index is 13.3. The van der Waals surface area contributed by atoms with Crippen LogP contribution in [0.3, 0.4) is 0 Å². The summed E-state index contributed by atoms with van der Waals surface area (Å²) in [5.74, 6) is -0.216. The summed E-state index contributed by atoms with van der Waals surface area (Å²) < 4.78 is 43.0. The van der Waals surface area contributed by atoms with Crippen LogP contribution in [0.15, 0.2) is 40.0 Å². The van der Waals surface area contributed by atoms with E-state index in [0.717, 1.165) is 0 Å². The quantitative estimate of drug-likeness (QED) is 0.281. The first kappa shape index (κ1) is 21.1. The molecule has 0 amide bonds. The molecule has 6 rings (SSSR count). The largest absolute Gasteiger partial charge is 1.00 e. The third kappa shape index (κ3) is 3.29. The predicted molar refractivity (Wildman–Crippen MR) is 112 cm³/mol. The Kier molecular flexibility index (Phi) is 4.65. The summed E-state index contributed by atoms with van der Waals surface area (Å²) in [5, 5.41) is 10.7. The fourth-order valence-electron chi connectivity index (χ4n) is 4.05. The molecule has 5 heterocycles. The van der Waals surface area contributed by atoms with Crippen LogP contribution >= 0.6 is 23.8 Å². The number of imidazole rings is 2. The zero-order valence-electron chi connectivity index (χ0n) is 17.3. The van der Waals surface area contributed by atoms with Gasteiger partial charge in [-0.3, -0.25) is 13.9 Å². The van der Waals surface area contributed by atoms with Crippen LogP contribution < -0.4 is 10.5 Å². The number of aromatic amines is 1. The van der Waals surface area contributed by atoms with Crippen molar-refractivity contribution >= 4 is 40.7 Å². The second-order valence-corrected chi connectivity index (χ2v) is 9.65. The molecule has 5 atom stereocenters. The number of aromatic nitrogens is 5. The van der Waals surface area contributed by atoms with E-state index in [1.54, 1.807) is 12.1 Å². The van der Waals surface area contributed by atoms with Crippen molar-refractivity contribution in [1.29, 1.82) is 0 Å². The van der Waals surface area contributed by atoms with Crippen LogP contribution in [0.4, 0.5) is 4.39 Å². The van der Waals surface area contributed by atoms with Gasteiger partial charge in [0.2, 0.25) is 5.78 Å². The molecule has 33 heavy (non-hydrogen) atoms. The van der Waals surface area contributed by atoms with Crippen molar-refractivity contribution < 1.29 is 34.2 Å². The minimum atomic E-state index is -4.55. The van der Waals surface area contributed by atoms with E-state index < -0.39 is 43.7 Å². The molecular weight excluding hydrogens is 528 g/mol. The molecule has 3 unspecified atom stereocenters. The molecule has 172 valence electrons. The number of ether oxygens (including phenoxy) is 1. The molecule has 2 fully saturated rings. The minimum Gasteiger partial charge on any atom is -0.756 e. The van der Waals surface area contributed by atoms with Gasteiger partial charge in [-0.15, -0.1) is 0 Å². The highest BCUT2D eigenvalue weighted by Crippen LogP contribution is 2.50. The lowest BCUT2D eigenvalue weighted by atomic mass is 10.1. The Balaban J connectivity index is 0.00000241. The molecule has 2 saturated heterocycles. The summed E-state index contributed by atoms with van der Waals surface area (Å²) in [6.07, 6.45) is -3.07. The van der Waals surface area contributed by atoms with Gasteiger partial charge in [0.1, 0.15) is 24.1 Å². The Morgan fingerprint density at radius 3 is 2.85 bits per heavy atom. The second kappa shape index (κ2) is 7.27. The maximum Gasteiger partial charge on any atom is 1.00 e. The number of phosphoric acid groups is 1. The maximum absolute atomic E-state index is 13.3. The molecule has 2 aliphatic rings. The highest BCUT2D eigenvalue weighted by Gasteiger charge is 2.51. The van der Waals surface area contributed by atoms with Crippen LogP contribution in [-0.2, 0) is 18.3 Å². The van der Waals surface area contributed by atoms with Gasteiger partial charge >= 0.3 is 1.43 Å². The first-order chi connectivity index (χ1) is 15.7. The van der Waals surface area contributed by atoms with E-state index in [0.29, 0.717) is 11.3 Å². The van der Waals surface area contributed by atoms with E-state index >= 15 is 0 Å². The van der Waals surface area contributed by atoms with Crippen molar-refractivity contribution in [2.75, 3.05) is 6.61 Å². The highest BCUT2D eigenvalue weighted by molar-refractivity contribution is 9.10. The third-order valence-electron chi connectivity index (χ3n) is 5.58. The summed E-state index contributed by atoms with van der Waals surface area (Å²) in [4.78, 5) is 36.5. The number of hydrogen-bond donors (Lipinski definition) is 2. The smallest absolute Gasteiger partial charge is 0.756 e. The van der Waals surface area contributed by atoms with Crippen LogP contribution in [0.1, 0.15) is 7.65 Å². The number of halogens is 2. The average Bonchev–Trinajstić information content (AvgIpc) is 3.43. The van der Waals surface area contributed by atoms with Gasteiger partial charge in [-0.05, 0) is 45.8 Å². The lowest BCUT2D eigenvalue weighted by Gasteiger charge is -2.34. The second-order valence-electron chi connectivity index (χ2n) is 7.58. The Bertz CT molecular complexity index is 1530. The molecule has 4 aromatic rings. The lowest BCUT2D eigenvalue weighted by molar-refractivity contribution is -0.245. The van der Waals surface area contributed by atoms with E-state index in [1.807, 2.05) is 0 Å². The zero-order valence-corrected chi connectivity index (χ0v) is 18.8. The van der Waals surface area contributed by atoms with E-state index in [-0.39, 0.29) is 29.7 Å². The van der Waals surface area contributed by atoms with Crippen LogP contribution in [-0.4, -0.2) is 53.9 Å².